The van der Waals surface area contributed by atoms with Gasteiger partial charge in [-0.2, -0.15) is 10.1 Å². The SMILES string of the molecule is CCCOc1ccccc1[C@@H]1C=C(C(=O)O)Nc2ncnn21. The van der Waals surface area contributed by atoms with Crippen molar-refractivity contribution in [2.24, 2.45) is 0 Å². The summed E-state index contributed by atoms with van der Waals surface area (Å²) in [5.41, 5.74) is 0.929. The highest BCUT2D eigenvalue weighted by Crippen LogP contribution is 2.33. The number of allylic oxidation sites excluding steroid dienone is 1. The fraction of sp³-hybridized carbons (Fsp3) is 0.267. The molecule has 114 valence electrons. The number of nitrogens with zero attached hydrogens (tertiary/aromatic N) is 3. The lowest BCUT2D eigenvalue weighted by molar-refractivity contribution is -0.132. The van der Waals surface area contributed by atoms with Crippen molar-refractivity contribution in [3.05, 3.63) is 47.9 Å². The number of carbonyl (C=O) groups is 1. The molecular formula is C15H16N4O3. The Balaban J connectivity index is 2.05. The van der Waals surface area contributed by atoms with Crippen molar-refractivity contribution in [1.82, 2.24) is 14.8 Å². The van der Waals surface area contributed by atoms with Crippen molar-refractivity contribution in [2.75, 3.05) is 11.9 Å². The van der Waals surface area contributed by atoms with E-state index in [1.807, 2.05) is 31.2 Å². The number of benzene rings is 1. The highest BCUT2D eigenvalue weighted by atomic mass is 16.5. The van der Waals surface area contributed by atoms with E-state index in [-0.39, 0.29) is 11.7 Å². The van der Waals surface area contributed by atoms with E-state index in [0.29, 0.717) is 12.6 Å². The van der Waals surface area contributed by atoms with Crippen LogP contribution in [-0.2, 0) is 4.79 Å². The van der Waals surface area contributed by atoms with Crippen LogP contribution in [0, 0.1) is 0 Å². The van der Waals surface area contributed by atoms with Gasteiger partial charge in [0.05, 0.1) is 6.61 Å². The van der Waals surface area contributed by atoms with E-state index in [9.17, 15) is 9.90 Å². The van der Waals surface area contributed by atoms with Gasteiger partial charge in [0.25, 0.3) is 0 Å². The molecule has 0 bridgehead atoms. The van der Waals surface area contributed by atoms with Crippen molar-refractivity contribution in [3.63, 3.8) is 0 Å². The van der Waals surface area contributed by atoms with Gasteiger partial charge in [0.1, 0.15) is 23.8 Å². The number of carboxylic acid groups (broad SMARTS) is 1. The average molecular weight is 300 g/mol. The largest absolute Gasteiger partial charge is 0.493 e. The molecule has 0 saturated heterocycles. The first-order valence-corrected chi connectivity index (χ1v) is 7.04. The summed E-state index contributed by atoms with van der Waals surface area (Å²) in [6, 6.07) is 7.18. The van der Waals surface area contributed by atoms with Crippen LogP contribution in [0.25, 0.3) is 0 Å². The van der Waals surface area contributed by atoms with Gasteiger partial charge in [0.15, 0.2) is 0 Å². The Hall–Kier alpha value is -2.83. The number of rotatable bonds is 5. The van der Waals surface area contributed by atoms with Crippen molar-refractivity contribution in [1.29, 1.82) is 0 Å². The summed E-state index contributed by atoms with van der Waals surface area (Å²) >= 11 is 0. The third kappa shape index (κ3) is 2.52. The van der Waals surface area contributed by atoms with E-state index in [1.54, 1.807) is 10.8 Å². The van der Waals surface area contributed by atoms with Gasteiger partial charge in [0, 0.05) is 5.56 Å². The first-order valence-electron chi connectivity index (χ1n) is 7.04. The molecule has 0 spiro atoms. The summed E-state index contributed by atoms with van der Waals surface area (Å²) in [4.78, 5) is 15.4. The van der Waals surface area contributed by atoms with Gasteiger partial charge in [-0.1, -0.05) is 25.1 Å². The summed E-state index contributed by atoms with van der Waals surface area (Å²) in [5, 5.41) is 16.2. The van der Waals surface area contributed by atoms with Gasteiger partial charge >= 0.3 is 5.97 Å². The predicted molar refractivity (Wildman–Crippen MR) is 79.7 cm³/mol. The monoisotopic (exact) mass is 300 g/mol. The maximum atomic E-state index is 11.3. The molecule has 2 aromatic rings. The molecule has 2 N–H and O–H groups in total. The van der Waals surface area contributed by atoms with Crippen molar-refractivity contribution in [3.8, 4) is 5.75 Å². The van der Waals surface area contributed by atoms with Gasteiger partial charge in [-0.05, 0) is 18.6 Å². The van der Waals surface area contributed by atoms with Crippen LogP contribution < -0.4 is 10.1 Å². The topological polar surface area (TPSA) is 89.3 Å². The zero-order chi connectivity index (χ0) is 15.5. The Bertz CT molecular complexity index is 723. The van der Waals surface area contributed by atoms with Crippen LogP contribution in [0.15, 0.2) is 42.4 Å². The number of carboxylic acids is 1. The lowest BCUT2D eigenvalue weighted by Gasteiger charge is -2.24. The molecule has 0 fully saturated rings. The van der Waals surface area contributed by atoms with Gasteiger partial charge in [-0.3, -0.25) is 0 Å². The number of fused-ring (bicyclic) bond motifs is 1. The third-order valence-corrected chi connectivity index (χ3v) is 3.34. The lowest BCUT2D eigenvalue weighted by Crippen LogP contribution is -2.24. The molecule has 1 aromatic carbocycles. The van der Waals surface area contributed by atoms with E-state index in [2.05, 4.69) is 15.4 Å². The fourth-order valence-corrected chi connectivity index (χ4v) is 2.35. The maximum absolute atomic E-state index is 11.3. The zero-order valence-electron chi connectivity index (χ0n) is 12.1. The van der Waals surface area contributed by atoms with Gasteiger partial charge in [0.2, 0.25) is 5.95 Å². The highest BCUT2D eigenvalue weighted by Gasteiger charge is 2.27. The molecule has 1 aliphatic rings. The van der Waals surface area contributed by atoms with Gasteiger partial charge in [-0.15, -0.1) is 0 Å². The summed E-state index contributed by atoms with van der Waals surface area (Å²) in [6.45, 7) is 2.63. The van der Waals surface area contributed by atoms with Crippen LogP contribution in [0.3, 0.4) is 0 Å². The number of para-hydroxylation sites is 1. The molecule has 0 aliphatic carbocycles. The minimum Gasteiger partial charge on any atom is -0.493 e. The van der Waals surface area contributed by atoms with Crippen molar-refractivity contribution < 1.29 is 14.6 Å². The Morgan fingerprint density at radius 1 is 1.45 bits per heavy atom. The molecule has 2 heterocycles. The quantitative estimate of drug-likeness (QED) is 0.878. The minimum atomic E-state index is -1.04. The Morgan fingerprint density at radius 2 is 2.27 bits per heavy atom. The van der Waals surface area contributed by atoms with Crippen LogP contribution in [0.2, 0.25) is 0 Å². The zero-order valence-corrected chi connectivity index (χ0v) is 12.1. The number of aliphatic carboxylic acids is 1. The second kappa shape index (κ2) is 5.88. The number of hydrogen-bond acceptors (Lipinski definition) is 5. The number of aromatic nitrogens is 3. The minimum absolute atomic E-state index is 0.0794. The van der Waals surface area contributed by atoms with Gasteiger partial charge < -0.3 is 15.2 Å². The van der Waals surface area contributed by atoms with Crippen LogP contribution in [0.5, 0.6) is 5.75 Å². The van der Waals surface area contributed by atoms with E-state index in [1.165, 1.54) is 6.33 Å². The Labute approximate surface area is 127 Å². The summed E-state index contributed by atoms with van der Waals surface area (Å²) in [5.74, 6) is 0.0834. The molecule has 7 nitrogen and oxygen atoms in total. The van der Waals surface area contributed by atoms with Crippen LogP contribution in [0.4, 0.5) is 5.95 Å². The van der Waals surface area contributed by atoms with Crippen LogP contribution >= 0.6 is 0 Å². The second-order valence-electron chi connectivity index (χ2n) is 4.87. The second-order valence-corrected chi connectivity index (χ2v) is 4.87. The Kier molecular flexibility index (Phi) is 3.78. The summed E-state index contributed by atoms with van der Waals surface area (Å²) < 4.78 is 7.41. The molecule has 0 amide bonds. The predicted octanol–water partition coefficient (Wildman–Crippen LogP) is 2.05. The molecule has 0 saturated carbocycles. The van der Waals surface area contributed by atoms with Gasteiger partial charge in [-0.25, -0.2) is 9.48 Å². The molecule has 22 heavy (non-hydrogen) atoms. The molecule has 1 aliphatic heterocycles. The molecule has 0 radical (unpaired) electrons. The first kappa shape index (κ1) is 14.1. The van der Waals surface area contributed by atoms with E-state index < -0.39 is 5.97 Å². The highest BCUT2D eigenvalue weighted by molar-refractivity contribution is 5.90. The van der Waals surface area contributed by atoms with E-state index >= 15 is 0 Å². The van der Waals surface area contributed by atoms with Crippen LogP contribution in [0.1, 0.15) is 24.9 Å². The number of anilines is 1. The first-order chi connectivity index (χ1) is 10.7. The molecular weight excluding hydrogens is 284 g/mol. The molecule has 0 unspecified atom stereocenters. The molecule has 7 heteroatoms. The summed E-state index contributed by atoms with van der Waals surface area (Å²) in [6.07, 6.45) is 3.90. The summed E-state index contributed by atoms with van der Waals surface area (Å²) in [7, 11) is 0. The van der Waals surface area contributed by atoms with E-state index in [4.69, 9.17) is 4.74 Å². The van der Waals surface area contributed by atoms with Crippen molar-refractivity contribution in [2.45, 2.75) is 19.4 Å². The number of hydrogen-bond donors (Lipinski definition) is 2. The standard InChI is InChI=1S/C15H16N4O3/c1-2-7-22-13-6-4-3-5-10(13)12-8-11(14(20)21)18-15-16-9-17-19(12)15/h3-6,8-9,12H,2,7H2,1H3,(H,20,21)(H,16,17,18)/t12-/m0/s1. The Morgan fingerprint density at radius 3 is 3.05 bits per heavy atom. The van der Waals surface area contributed by atoms with Crippen molar-refractivity contribution >= 4 is 11.9 Å². The van der Waals surface area contributed by atoms with Crippen LogP contribution in [-0.4, -0.2) is 32.4 Å². The fourth-order valence-electron chi connectivity index (χ4n) is 2.35. The smallest absolute Gasteiger partial charge is 0.352 e. The third-order valence-electron chi connectivity index (χ3n) is 3.34. The maximum Gasteiger partial charge on any atom is 0.352 e. The lowest BCUT2D eigenvalue weighted by atomic mass is 10.0. The van der Waals surface area contributed by atoms with E-state index in [0.717, 1.165) is 17.7 Å². The molecule has 3 rings (SSSR count). The molecule has 1 atom stereocenters. The normalized spacial score (nSPS) is 16.4. The molecule has 1 aromatic heterocycles. The number of nitrogens with one attached hydrogen (secondary N) is 1. The number of ether oxygens (including phenoxy) is 1. The average Bonchev–Trinajstić information content (AvgIpc) is 3.00.